The molecule has 1 aliphatic heterocycles. The smallest absolute Gasteiger partial charge is 0.335 e. The van der Waals surface area contributed by atoms with Crippen molar-refractivity contribution >= 4 is 23.6 Å². The molecule has 1 aromatic heterocycles. The van der Waals surface area contributed by atoms with E-state index in [2.05, 4.69) is 4.98 Å². The van der Waals surface area contributed by atoms with Gasteiger partial charge in [0.15, 0.2) is 0 Å². The Kier molecular flexibility index (Phi) is 5.05. The van der Waals surface area contributed by atoms with Crippen LogP contribution in [-0.4, -0.2) is 44.9 Å². The number of nitrogens with zero attached hydrogens (tertiary/aromatic N) is 3. The number of aromatic carboxylic acids is 1. The molecule has 1 aromatic carbocycles. The van der Waals surface area contributed by atoms with E-state index in [-0.39, 0.29) is 29.5 Å². The van der Waals surface area contributed by atoms with Crippen LogP contribution in [0.15, 0.2) is 42.6 Å². The summed E-state index contributed by atoms with van der Waals surface area (Å²) < 4.78 is 0. The van der Waals surface area contributed by atoms with Gasteiger partial charge in [-0.05, 0) is 42.7 Å². The molecule has 0 spiro atoms. The van der Waals surface area contributed by atoms with Crippen LogP contribution in [0, 0.1) is 0 Å². The second kappa shape index (κ2) is 7.66. The normalized spacial score (nSPS) is 21.0. The summed E-state index contributed by atoms with van der Waals surface area (Å²) in [6.07, 6.45) is 5.22. The molecule has 7 heteroatoms. The summed E-state index contributed by atoms with van der Waals surface area (Å²) in [5, 5.41) is 9.24. The third kappa shape index (κ3) is 3.48. The van der Waals surface area contributed by atoms with Crippen LogP contribution in [0.4, 0.5) is 5.82 Å². The van der Waals surface area contributed by atoms with Gasteiger partial charge in [0.05, 0.1) is 17.6 Å². The lowest BCUT2D eigenvalue weighted by atomic mass is 9.87. The summed E-state index contributed by atoms with van der Waals surface area (Å²) in [5.41, 5.74) is 1.39. The van der Waals surface area contributed by atoms with Crippen LogP contribution in [0.1, 0.15) is 58.9 Å². The highest BCUT2D eigenvalue weighted by Gasteiger charge is 2.41. The molecule has 7 nitrogen and oxygen atoms in total. The Morgan fingerprint density at radius 1 is 1.17 bits per heavy atom. The molecule has 2 atom stereocenters. The van der Waals surface area contributed by atoms with Crippen molar-refractivity contribution in [3.63, 3.8) is 0 Å². The van der Waals surface area contributed by atoms with Crippen molar-refractivity contribution in [3.8, 4) is 0 Å². The molecule has 0 radical (unpaired) electrons. The number of pyridine rings is 1. The Morgan fingerprint density at radius 2 is 1.97 bits per heavy atom. The first-order valence-electron chi connectivity index (χ1n) is 9.85. The van der Waals surface area contributed by atoms with Crippen LogP contribution in [0.5, 0.6) is 0 Å². The van der Waals surface area contributed by atoms with Gasteiger partial charge in [-0.2, -0.15) is 0 Å². The Morgan fingerprint density at radius 3 is 2.66 bits per heavy atom. The van der Waals surface area contributed by atoms with E-state index in [0.717, 1.165) is 31.2 Å². The minimum Gasteiger partial charge on any atom is -0.478 e. The minimum absolute atomic E-state index is 0.0991. The molecular weight excluding hydrogens is 370 g/mol. The lowest BCUT2D eigenvalue weighted by Crippen LogP contribution is -2.55. The van der Waals surface area contributed by atoms with Gasteiger partial charge in [0.25, 0.3) is 5.91 Å². The molecule has 4 rings (SSSR count). The zero-order valence-corrected chi connectivity index (χ0v) is 16.2. The SMILES string of the molecule is CC(=O)N(c1ccccn1)[C@@H]1CCCC[C@H]1N1Cc2ccc(C(=O)O)cc2C1=O. The number of hydrogen-bond donors (Lipinski definition) is 1. The standard InChI is InChI=1S/C22H23N3O4/c1-14(26)25(20-8-4-5-11-23-20)19-7-3-2-6-18(19)24-13-16-10-9-15(22(28)29)12-17(16)21(24)27/h4-5,8-12,18-19H,2-3,6-7,13H2,1H3,(H,28,29)/t18-,19-/m1/s1. The van der Waals surface area contributed by atoms with Crippen LogP contribution >= 0.6 is 0 Å². The number of carboxylic acids is 1. The summed E-state index contributed by atoms with van der Waals surface area (Å²) in [5.74, 6) is -0.718. The van der Waals surface area contributed by atoms with Crippen molar-refractivity contribution in [1.82, 2.24) is 9.88 Å². The first-order valence-corrected chi connectivity index (χ1v) is 9.85. The first kappa shape index (κ1) is 19.1. The molecule has 2 aliphatic rings. The van der Waals surface area contributed by atoms with Crippen LogP contribution < -0.4 is 4.90 Å². The lowest BCUT2D eigenvalue weighted by molar-refractivity contribution is -0.117. The topological polar surface area (TPSA) is 90.8 Å². The van der Waals surface area contributed by atoms with Gasteiger partial charge in [0.1, 0.15) is 5.82 Å². The maximum atomic E-state index is 13.2. The molecule has 0 saturated heterocycles. The van der Waals surface area contributed by atoms with Crippen molar-refractivity contribution < 1.29 is 19.5 Å². The number of carboxylic acid groups (broad SMARTS) is 1. The number of carbonyl (C=O) groups is 3. The van der Waals surface area contributed by atoms with Gasteiger partial charge in [-0.25, -0.2) is 9.78 Å². The Labute approximate surface area is 169 Å². The monoisotopic (exact) mass is 393 g/mol. The van der Waals surface area contributed by atoms with Gasteiger partial charge in [0, 0.05) is 25.2 Å². The van der Waals surface area contributed by atoms with E-state index in [1.165, 1.54) is 19.1 Å². The maximum absolute atomic E-state index is 13.2. The number of anilines is 1. The fraction of sp³-hybridized carbons (Fsp3) is 0.364. The molecule has 1 saturated carbocycles. The quantitative estimate of drug-likeness (QED) is 0.862. The highest BCUT2D eigenvalue weighted by molar-refractivity contribution is 6.01. The van der Waals surface area contributed by atoms with Crippen LogP contribution in [0.3, 0.4) is 0 Å². The molecule has 2 aromatic rings. The van der Waals surface area contributed by atoms with Crippen LogP contribution in [0.25, 0.3) is 0 Å². The van der Waals surface area contributed by atoms with Crippen molar-refractivity contribution in [1.29, 1.82) is 0 Å². The fourth-order valence-electron chi connectivity index (χ4n) is 4.54. The number of aromatic nitrogens is 1. The van der Waals surface area contributed by atoms with Gasteiger partial charge >= 0.3 is 5.97 Å². The summed E-state index contributed by atoms with van der Waals surface area (Å²) >= 11 is 0. The number of carbonyl (C=O) groups excluding carboxylic acids is 2. The average Bonchev–Trinajstić information content (AvgIpc) is 3.05. The first-order chi connectivity index (χ1) is 14.0. The second-order valence-electron chi connectivity index (χ2n) is 7.61. The van der Waals surface area contributed by atoms with Crippen molar-refractivity contribution in [2.45, 2.75) is 51.2 Å². The zero-order valence-electron chi connectivity index (χ0n) is 16.2. The largest absolute Gasteiger partial charge is 0.478 e. The molecule has 1 N–H and O–H groups in total. The summed E-state index contributed by atoms with van der Waals surface area (Å²) in [7, 11) is 0. The van der Waals surface area contributed by atoms with Gasteiger partial charge in [-0.3, -0.25) is 14.5 Å². The van der Waals surface area contributed by atoms with Crippen molar-refractivity contribution in [3.05, 3.63) is 59.3 Å². The minimum atomic E-state index is -1.05. The van der Waals surface area contributed by atoms with Gasteiger partial charge in [-0.1, -0.05) is 25.0 Å². The van der Waals surface area contributed by atoms with Crippen LogP contribution in [-0.2, 0) is 11.3 Å². The summed E-state index contributed by atoms with van der Waals surface area (Å²) in [6, 6.07) is 9.88. The fourth-order valence-corrected chi connectivity index (χ4v) is 4.54. The molecule has 1 aliphatic carbocycles. The highest BCUT2D eigenvalue weighted by atomic mass is 16.4. The number of amides is 2. The summed E-state index contributed by atoms with van der Waals surface area (Å²) in [4.78, 5) is 44.9. The van der Waals surface area contributed by atoms with Crippen molar-refractivity contribution in [2.24, 2.45) is 0 Å². The van der Waals surface area contributed by atoms with E-state index in [1.807, 2.05) is 12.1 Å². The Hall–Kier alpha value is -3.22. The third-order valence-corrected chi connectivity index (χ3v) is 5.85. The van der Waals surface area contributed by atoms with E-state index < -0.39 is 5.97 Å². The molecule has 29 heavy (non-hydrogen) atoms. The molecule has 150 valence electrons. The van der Waals surface area contributed by atoms with E-state index in [0.29, 0.717) is 17.9 Å². The van der Waals surface area contributed by atoms with E-state index >= 15 is 0 Å². The van der Waals surface area contributed by atoms with E-state index in [4.69, 9.17) is 0 Å². The predicted octanol–water partition coefficient (Wildman–Crippen LogP) is 3.10. The predicted molar refractivity (Wildman–Crippen MR) is 107 cm³/mol. The zero-order chi connectivity index (χ0) is 20.5. The molecule has 0 unspecified atom stereocenters. The highest BCUT2D eigenvalue weighted by Crippen LogP contribution is 2.35. The van der Waals surface area contributed by atoms with Gasteiger partial charge in [-0.15, -0.1) is 0 Å². The maximum Gasteiger partial charge on any atom is 0.335 e. The summed E-state index contributed by atoms with van der Waals surface area (Å²) in [6.45, 7) is 1.96. The number of fused-ring (bicyclic) bond motifs is 1. The number of hydrogen-bond acceptors (Lipinski definition) is 4. The molecule has 0 bridgehead atoms. The third-order valence-electron chi connectivity index (χ3n) is 5.85. The Balaban J connectivity index is 1.66. The Bertz CT molecular complexity index is 960. The molecular formula is C22H23N3O4. The molecule has 2 amide bonds. The lowest BCUT2D eigenvalue weighted by Gasteiger charge is -2.43. The number of rotatable bonds is 4. The van der Waals surface area contributed by atoms with E-state index in [9.17, 15) is 19.5 Å². The molecule has 2 heterocycles. The van der Waals surface area contributed by atoms with Crippen molar-refractivity contribution in [2.75, 3.05) is 4.90 Å². The van der Waals surface area contributed by atoms with Crippen LogP contribution in [0.2, 0.25) is 0 Å². The second-order valence-corrected chi connectivity index (χ2v) is 7.61. The number of benzene rings is 1. The van der Waals surface area contributed by atoms with Gasteiger partial charge in [0.2, 0.25) is 5.91 Å². The van der Waals surface area contributed by atoms with E-state index in [1.54, 1.807) is 28.1 Å². The van der Waals surface area contributed by atoms with Gasteiger partial charge < -0.3 is 10.0 Å². The molecule has 1 fully saturated rings. The average molecular weight is 393 g/mol.